The molecule has 3 amide bonds. The molecule has 0 aromatic heterocycles. The second kappa shape index (κ2) is 12.1. The van der Waals surface area contributed by atoms with Crippen molar-refractivity contribution in [3.8, 4) is 5.75 Å². The first-order valence-corrected chi connectivity index (χ1v) is 9.98. The van der Waals surface area contributed by atoms with Crippen LogP contribution in [0.3, 0.4) is 0 Å². The molecule has 9 nitrogen and oxygen atoms in total. The zero-order chi connectivity index (χ0) is 21.9. The van der Waals surface area contributed by atoms with E-state index in [0.717, 1.165) is 0 Å². The first-order valence-electron chi connectivity index (χ1n) is 9.98. The van der Waals surface area contributed by atoms with Crippen LogP contribution < -0.4 is 15.4 Å². The summed E-state index contributed by atoms with van der Waals surface area (Å²) in [5.74, 6) is -0.0906. The third kappa shape index (κ3) is 6.70. The molecule has 1 saturated heterocycles. The number of amides is 3. The van der Waals surface area contributed by atoms with Crippen molar-refractivity contribution in [3.05, 3.63) is 29.8 Å². The molecule has 0 radical (unpaired) electrons. The Bertz CT molecular complexity index is 701. The smallest absolute Gasteiger partial charge is 0.251 e. The molecule has 2 rings (SSSR count). The number of piperidine rings is 1. The summed E-state index contributed by atoms with van der Waals surface area (Å²) in [4.78, 5) is 39.3. The van der Waals surface area contributed by atoms with E-state index in [-0.39, 0.29) is 30.2 Å². The maximum atomic E-state index is 12.8. The molecular weight excluding hydrogens is 390 g/mol. The number of nitrogens with one attached hydrogen (secondary N) is 2. The first kappa shape index (κ1) is 23.6. The Morgan fingerprint density at radius 2 is 1.73 bits per heavy atom. The highest BCUT2D eigenvalue weighted by Crippen LogP contribution is 2.22. The van der Waals surface area contributed by atoms with Crippen LogP contribution in [0.5, 0.6) is 5.75 Å². The molecule has 1 unspecified atom stereocenters. The van der Waals surface area contributed by atoms with Gasteiger partial charge in [0.2, 0.25) is 11.8 Å². The molecule has 1 aromatic carbocycles. The van der Waals surface area contributed by atoms with Gasteiger partial charge >= 0.3 is 0 Å². The number of methoxy groups -OCH3 is 3. The lowest BCUT2D eigenvalue weighted by atomic mass is 9.88. The van der Waals surface area contributed by atoms with Crippen molar-refractivity contribution in [3.63, 3.8) is 0 Å². The summed E-state index contributed by atoms with van der Waals surface area (Å²) in [6, 6.07) is 6.00. The van der Waals surface area contributed by atoms with Crippen molar-refractivity contribution in [2.45, 2.75) is 18.9 Å². The molecule has 1 fully saturated rings. The first-order chi connectivity index (χ1) is 14.5. The predicted octanol–water partition coefficient (Wildman–Crippen LogP) is 0.441. The summed E-state index contributed by atoms with van der Waals surface area (Å²) >= 11 is 0. The zero-order valence-corrected chi connectivity index (χ0v) is 17.8. The van der Waals surface area contributed by atoms with Gasteiger partial charge in [-0.2, -0.15) is 0 Å². The molecule has 2 N–H and O–H groups in total. The molecular formula is C21H31N3O6. The summed E-state index contributed by atoms with van der Waals surface area (Å²) in [5.41, 5.74) is 0.443. The lowest BCUT2D eigenvalue weighted by molar-refractivity contribution is -0.136. The van der Waals surface area contributed by atoms with Gasteiger partial charge in [0.25, 0.3) is 5.91 Å². The lowest BCUT2D eigenvalue weighted by Crippen LogP contribution is -2.54. The largest absolute Gasteiger partial charge is 0.497 e. The van der Waals surface area contributed by atoms with E-state index in [1.54, 1.807) is 43.4 Å². The van der Waals surface area contributed by atoms with Gasteiger partial charge in [-0.1, -0.05) is 0 Å². The highest BCUT2D eigenvalue weighted by atomic mass is 16.5. The van der Waals surface area contributed by atoms with Crippen LogP contribution in [0.2, 0.25) is 0 Å². The van der Waals surface area contributed by atoms with Crippen LogP contribution in [-0.4, -0.2) is 82.8 Å². The number of benzene rings is 1. The normalized spacial score (nSPS) is 15.4. The number of carbonyl (C=O) groups excluding carboxylic acids is 3. The number of likely N-dealkylation sites (tertiary alicyclic amines) is 1. The minimum Gasteiger partial charge on any atom is -0.497 e. The molecule has 1 aliphatic rings. The second-order valence-corrected chi connectivity index (χ2v) is 7.11. The number of hydrogen-bond donors (Lipinski definition) is 2. The van der Waals surface area contributed by atoms with Crippen molar-refractivity contribution in [2.75, 3.05) is 54.2 Å². The standard InChI is InChI=1S/C21H31N3O6/c1-28-13-10-22-21(27)19(15-8-11-24(12-9-15)18(25)14-29-2)23-20(26)16-4-6-17(30-3)7-5-16/h4-7,15,19H,8-14H2,1-3H3,(H,22,27)(H,23,26). The SMILES string of the molecule is COCCNC(=O)C(NC(=O)c1ccc(OC)cc1)C1CCN(C(=O)COC)CC1. The van der Waals surface area contributed by atoms with Gasteiger partial charge in [-0.15, -0.1) is 0 Å². The van der Waals surface area contributed by atoms with Crippen molar-refractivity contribution < 1.29 is 28.6 Å². The number of ether oxygens (including phenoxy) is 3. The van der Waals surface area contributed by atoms with Gasteiger partial charge < -0.3 is 29.7 Å². The predicted molar refractivity (Wildman–Crippen MR) is 110 cm³/mol. The van der Waals surface area contributed by atoms with Crippen LogP contribution in [0, 0.1) is 5.92 Å². The van der Waals surface area contributed by atoms with Crippen LogP contribution >= 0.6 is 0 Å². The molecule has 0 aliphatic carbocycles. The van der Waals surface area contributed by atoms with Gasteiger partial charge in [0.05, 0.1) is 13.7 Å². The Labute approximate surface area is 177 Å². The molecule has 9 heteroatoms. The molecule has 0 bridgehead atoms. The summed E-state index contributed by atoms with van der Waals surface area (Å²) < 4.78 is 15.0. The van der Waals surface area contributed by atoms with E-state index in [1.807, 2.05) is 0 Å². The summed E-state index contributed by atoms with van der Waals surface area (Å²) in [6.45, 7) is 1.82. The fraction of sp³-hybridized carbons (Fsp3) is 0.571. The topological polar surface area (TPSA) is 106 Å². The maximum Gasteiger partial charge on any atom is 0.251 e. The third-order valence-electron chi connectivity index (χ3n) is 5.16. The number of rotatable bonds is 10. The minimum absolute atomic E-state index is 0.0415. The molecule has 30 heavy (non-hydrogen) atoms. The van der Waals surface area contributed by atoms with Gasteiger partial charge in [-0.25, -0.2) is 0 Å². The van der Waals surface area contributed by atoms with Gasteiger partial charge in [-0.05, 0) is 43.0 Å². The highest BCUT2D eigenvalue weighted by Gasteiger charge is 2.33. The van der Waals surface area contributed by atoms with Gasteiger partial charge in [-0.3, -0.25) is 14.4 Å². The third-order valence-corrected chi connectivity index (χ3v) is 5.16. The summed E-state index contributed by atoms with van der Waals surface area (Å²) in [5, 5.41) is 5.69. The second-order valence-electron chi connectivity index (χ2n) is 7.11. The maximum absolute atomic E-state index is 12.8. The van der Waals surface area contributed by atoms with Crippen LogP contribution in [0.1, 0.15) is 23.2 Å². The molecule has 0 saturated carbocycles. The van der Waals surface area contributed by atoms with E-state index < -0.39 is 6.04 Å². The van der Waals surface area contributed by atoms with Crippen molar-refractivity contribution in [2.24, 2.45) is 5.92 Å². The average molecular weight is 421 g/mol. The Balaban J connectivity index is 2.05. The van der Waals surface area contributed by atoms with Crippen LogP contribution in [0.4, 0.5) is 0 Å². The molecule has 166 valence electrons. The van der Waals surface area contributed by atoms with E-state index >= 15 is 0 Å². The van der Waals surface area contributed by atoms with E-state index in [0.29, 0.717) is 50.4 Å². The number of nitrogens with zero attached hydrogens (tertiary/aromatic N) is 1. The van der Waals surface area contributed by atoms with E-state index in [2.05, 4.69) is 10.6 Å². The Morgan fingerprint density at radius 3 is 2.30 bits per heavy atom. The summed E-state index contributed by atoms with van der Waals surface area (Å²) in [6.07, 6.45) is 1.22. The monoisotopic (exact) mass is 421 g/mol. The van der Waals surface area contributed by atoms with Crippen molar-refractivity contribution >= 4 is 17.7 Å². The number of hydrogen-bond acceptors (Lipinski definition) is 6. The quantitative estimate of drug-likeness (QED) is 0.531. The Kier molecular flexibility index (Phi) is 9.56. The fourth-order valence-electron chi connectivity index (χ4n) is 3.45. The van der Waals surface area contributed by atoms with Crippen LogP contribution in [0.25, 0.3) is 0 Å². The van der Waals surface area contributed by atoms with Crippen molar-refractivity contribution in [1.29, 1.82) is 0 Å². The van der Waals surface area contributed by atoms with Crippen LogP contribution in [0.15, 0.2) is 24.3 Å². The van der Waals surface area contributed by atoms with Crippen molar-refractivity contribution in [1.82, 2.24) is 15.5 Å². The molecule has 1 aliphatic heterocycles. The van der Waals surface area contributed by atoms with E-state index in [9.17, 15) is 14.4 Å². The Morgan fingerprint density at radius 1 is 1.07 bits per heavy atom. The highest BCUT2D eigenvalue weighted by molar-refractivity contribution is 5.97. The van der Waals surface area contributed by atoms with Gasteiger partial charge in [0.15, 0.2) is 0 Å². The Hall–Kier alpha value is -2.65. The molecule has 1 atom stereocenters. The summed E-state index contributed by atoms with van der Waals surface area (Å²) in [7, 11) is 4.60. The van der Waals surface area contributed by atoms with Crippen LogP contribution in [-0.2, 0) is 19.1 Å². The molecule has 1 heterocycles. The average Bonchev–Trinajstić information content (AvgIpc) is 2.77. The lowest BCUT2D eigenvalue weighted by Gasteiger charge is -2.35. The minimum atomic E-state index is -0.698. The van der Waals surface area contributed by atoms with Gasteiger partial charge in [0, 0.05) is 39.4 Å². The van der Waals surface area contributed by atoms with E-state index in [1.165, 1.54) is 7.11 Å². The zero-order valence-electron chi connectivity index (χ0n) is 17.8. The van der Waals surface area contributed by atoms with E-state index in [4.69, 9.17) is 14.2 Å². The molecule has 0 spiro atoms. The molecule has 1 aromatic rings. The fourth-order valence-corrected chi connectivity index (χ4v) is 3.45. The van der Waals surface area contributed by atoms with Gasteiger partial charge in [0.1, 0.15) is 18.4 Å². The number of carbonyl (C=O) groups is 3.